The maximum Gasteiger partial charge on any atom is 0.411 e. The fourth-order valence-electron chi connectivity index (χ4n) is 2.00. The molecule has 0 aromatic rings. The summed E-state index contributed by atoms with van der Waals surface area (Å²) in [5.41, 5.74) is 0. The summed E-state index contributed by atoms with van der Waals surface area (Å²) in [7, 11) is -7.23. The van der Waals surface area contributed by atoms with Crippen LogP contribution in [0.25, 0.3) is 0 Å². The van der Waals surface area contributed by atoms with Crippen molar-refractivity contribution in [2.75, 3.05) is 6.54 Å². The van der Waals surface area contributed by atoms with Crippen LogP contribution in [0.15, 0.2) is 12.8 Å². The van der Waals surface area contributed by atoms with Crippen molar-refractivity contribution >= 4 is 60.3 Å². The van der Waals surface area contributed by atoms with Crippen molar-refractivity contribution in [3.05, 3.63) is 12.8 Å². The van der Waals surface area contributed by atoms with Crippen LogP contribution in [0, 0.1) is 0 Å². The molecule has 0 unspecified atom stereocenters. The smallest absolute Gasteiger partial charge is 0.411 e. The third-order valence-corrected chi connectivity index (χ3v) is 22.2. The summed E-state index contributed by atoms with van der Waals surface area (Å²) in [6.45, 7) is 24.2. The van der Waals surface area contributed by atoms with Gasteiger partial charge in [0.2, 0.25) is 0 Å². The molecule has 27 heavy (non-hydrogen) atoms. The van der Waals surface area contributed by atoms with Crippen LogP contribution < -0.4 is 5.32 Å². The molecule has 0 heterocycles. The average molecular weight is 484 g/mol. The fraction of sp³-hybridized carbons (Fsp3) is 0.800. The van der Waals surface area contributed by atoms with Crippen LogP contribution in [0.1, 0.15) is 6.42 Å². The first kappa shape index (κ1) is 27.2. The molecule has 0 aliphatic carbocycles. The Balaban J connectivity index is 5.32. The molecule has 0 rings (SSSR count). The Kier molecular flexibility index (Phi) is 11.5. The molecule has 1 N–H and O–H groups in total. The number of nitrogens with one attached hydrogen (secondary N) is 1. The van der Waals surface area contributed by atoms with E-state index in [4.69, 9.17) is 17.1 Å². The van der Waals surface area contributed by atoms with E-state index in [1.165, 1.54) is 0 Å². The highest BCUT2D eigenvalue weighted by Crippen LogP contribution is 2.30. The Morgan fingerprint density at radius 1 is 0.889 bits per heavy atom. The highest BCUT2D eigenvalue weighted by Gasteiger charge is 2.38. The predicted molar refractivity (Wildman–Crippen MR) is 131 cm³/mol. The number of alkyl carbamates (subject to hydrolysis) is 1. The van der Waals surface area contributed by atoms with Crippen molar-refractivity contribution < 1.29 is 21.9 Å². The lowest BCUT2D eigenvalue weighted by atomic mass is 10.5. The van der Waals surface area contributed by atoms with E-state index in [1.807, 2.05) is 0 Å². The van der Waals surface area contributed by atoms with Crippen LogP contribution in [-0.2, 0) is 17.1 Å². The van der Waals surface area contributed by atoms with Crippen LogP contribution in [0.3, 0.4) is 0 Å². The van der Waals surface area contributed by atoms with Gasteiger partial charge in [-0.25, -0.2) is 4.79 Å². The first-order valence-electron chi connectivity index (χ1n) is 9.55. The summed E-state index contributed by atoms with van der Waals surface area (Å²) in [5, 5.41) is 2.83. The second kappa shape index (κ2) is 11.4. The molecule has 160 valence electrons. The van der Waals surface area contributed by atoms with E-state index in [0.717, 1.165) is 12.7 Å². The van der Waals surface area contributed by atoms with Gasteiger partial charge in [-0.1, -0.05) is 6.58 Å². The van der Waals surface area contributed by atoms with Crippen LogP contribution in [0.4, 0.5) is 4.79 Å². The van der Waals surface area contributed by atoms with Crippen LogP contribution in [0.2, 0.25) is 63.2 Å². The minimum Gasteiger partial charge on any atom is -0.461 e. The van der Waals surface area contributed by atoms with E-state index in [2.05, 4.69) is 70.8 Å². The lowest BCUT2D eigenvalue weighted by Crippen LogP contribution is -2.48. The summed E-state index contributed by atoms with van der Waals surface area (Å²) >= 11 is 0. The van der Waals surface area contributed by atoms with Crippen molar-refractivity contribution in [3.8, 4) is 0 Å². The molecule has 0 radical (unpaired) electrons. The van der Waals surface area contributed by atoms with E-state index < -0.39 is 60.3 Å². The highest BCUT2D eigenvalue weighted by atomic mass is 28.4. The van der Waals surface area contributed by atoms with Gasteiger partial charge in [0.15, 0.2) is 54.2 Å². The number of hydrogen-bond acceptors (Lipinski definition) is 5. The van der Waals surface area contributed by atoms with E-state index in [-0.39, 0.29) is 4.28 Å². The van der Waals surface area contributed by atoms with Gasteiger partial charge in [0.05, 0.1) is 6.26 Å². The van der Waals surface area contributed by atoms with Gasteiger partial charge in [0, 0.05) is 10.8 Å². The molecule has 0 aliphatic heterocycles. The van der Waals surface area contributed by atoms with E-state index >= 15 is 0 Å². The molecule has 0 saturated heterocycles. The van der Waals surface area contributed by atoms with Crippen molar-refractivity contribution in [1.82, 2.24) is 5.32 Å². The van der Waals surface area contributed by atoms with Crippen LogP contribution in [-0.4, -0.2) is 66.9 Å². The summed E-state index contributed by atoms with van der Waals surface area (Å²) in [5.74, 6) is 0. The highest BCUT2D eigenvalue weighted by molar-refractivity contribution is 6.86. The Bertz CT molecular complexity index is 427. The number of rotatable bonds is 13. The number of carbonyl (C=O) groups is 1. The van der Waals surface area contributed by atoms with Crippen molar-refractivity contribution in [3.63, 3.8) is 0 Å². The van der Waals surface area contributed by atoms with Gasteiger partial charge in [-0.05, 0) is 65.3 Å². The molecular formula is C15H41NO5Si6. The predicted octanol–water partition coefficient (Wildman–Crippen LogP) is 2.13. The molecule has 1 amide bonds. The molecule has 0 aliphatic rings. The minimum atomic E-state index is -1.60. The summed E-state index contributed by atoms with van der Waals surface area (Å²) in [4.78, 5) is 11.6. The lowest BCUT2D eigenvalue weighted by molar-refractivity contribution is 0.185. The molecule has 0 atom stereocenters. The van der Waals surface area contributed by atoms with E-state index in [0.29, 0.717) is 6.54 Å². The van der Waals surface area contributed by atoms with E-state index in [1.54, 1.807) is 0 Å². The van der Waals surface area contributed by atoms with Crippen molar-refractivity contribution in [2.45, 2.75) is 69.6 Å². The SMILES string of the molecule is C=COC(=O)NCCC([SiH2]O[Si](C)(C)C)([SiH2]O[Si](C)(C)C)[SiH2]O[Si](C)(C)C. The van der Waals surface area contributed by atoms with E-state index in [9.17, 15) is 4.79 Å². The number of hydrogen-bond donors (Lipinski definition) is 1. The van der Waals surface area contributed by atoms with Crippen molar-refractivity contribution in [2.24, 2.45) is 0 Å². The zero-order valence-corrected chi connectivity index (χ0v) is 26.1. The second-order valence-electron chi connectivity index (χ2n) is 9.95. The van der Waals surface area contributed by atoms with Gasteiger partial charge in [-0.3, -0.25) is 0 Å². The largest absolute Gasteiger partial charge is 0.461 e. The van der Waals surface area contributed by atoms with Crippen LogP contribution >= 0.6 is 0 Å². The second-order valence-corrected chi connectivity index (χ2v) is 34.5. The van der Waals surface area contributed by atoms with Gasteiger partial charge in [-0.15, -0.1) is 0 Å². The zero-order valence-electron chi connectivity index (χ0n) is 18.9. The Morgan fingerprint density at radius 3 is 1.56 bits per heavy atom. The zero-order chi connectivity index (χ0) is 21.4. The lowest BCUT2D eigenvalue weighted by Gasteiger charge is -2.38. The fourth-order valence-corrected chi connectivity index (χ4v) is 18.3. The standard InChI is InChI=1S/C15H41NO5Si6/c1-11-18-14(17)16-13-12-15(22-19-25(2,3)4,23-20-26(5,6)7)24-21-27(8,9)10/h11H,1,12-13,22-24H2,2-10H3,(H,16,17). The van der Waals surface area contributed by atoms with Gasteiger partial charge in [0.1, 0.15) is 0 Å². The van der Waals surface area contributed by atoms with Crippen LogP contribution in [0.5, 0.6) is 0 Å². The Morgan fingerprint density at radius 2 is 1.26 bits per heavy atom. The maximum absolute atomic E-state index is 11.6. The summed E-state index contributed by atoms with van der Waals surface area (Å²) in [6, 6.07) is 0. The number of carbonyl (C=O) groups excluding carboxylic acids is 1. The third-order valence-electron chi connectivity index (χ3n) is 3.55. The quantitative estimate of drug-likeness (QED) is 0.321. The molecule has 6 nitrogen and oxygen atoms in total. The monoisotopic (exact) mass is 483 g/mol. The van der Waals surface area contributed by atoms with Gasteiger partial charge >= 0.3 is 6.09 Å². The minimum absolute atomic E-state index is 0.113. The van der Waals surface area contributed by atoms with Gasteiger partial charge < -0.3 is 22.4 Å². The first-order valence-corrected chi connectivity index (χ1v) is 23.6. The molecule has 12 heteroatoms. The molecule has 0 fully saturated rings. The molecule has 0 spiro atoms. The molecule has 0 bridgehead atoms. The molecule has 0 aromatic carbocycles. The number of ether oxygens (including phenoxy) is 1. The maximum atomic E-state index is 11.6. The van der Waals surface area contributed by atoms with Crippen molar-refractivity contribution in [1.29, 1.82) is 0 Å². The Labute approximate surface area is 176 Å². The average Bonchev–Trinajstić information content (AvgIpc) is 2.46. The third kappa shape index (κ3) is 15.8. The van der Waals surface area contributed by atoms with Gasteiger partial charge in [-0.2, -0.15) is 0 Å². The normalized spacial score (nSPS) is 16.5. The van der Waals surface area contributed by atoms with Gasteiger partial charge in [0.25, 0.3) is 0 Å². The topological polar surface area (TPSA) is 66.0 Å². The summed E-state index contributed by atoms with van der Waals surface area (Å²) < 4.78 is 24.4. The molecular weight excluding hydrogens is 443 g/mol. The molecule has 0 saturated carbocycles. The first-order chi connectivity index (χ1) is 12.1. The molecule has 0 aromatic heterocycles. The Hall–Kier alpha value is 0.191. The summed E-state index contributed by atoms with van der Waals surface area (Å²) in [6.07, 6.45) is 1.58. The number of amides is 1.